The van der Waals surface area contributed by atoms with E-state index >= 15 is 0 Å². The molecule has 0 radical (unpaired) electrons. The zero-order valence-corrected chi connectivity index (χ0v) is 28.2. The molecular formula is C34H31F6N9O2S. The van der Waals surface area contributed by atoms with Gasteiger partial charge in [0, 0.05) is 47.9 Å². The Balaban J connectivity index is 0.000000192. The third kappa shape index (κ3) is 8.23. The number of aromatic nitrogens is 5. The van der Waals surface area contributed by atoms with Gasteiger partial charge < -0.3 is 21.3 Å². The Labute approximate surface area is 294 Å². The monoisotopic (exact) mass is 743 g/mol. The molecule has 7 rings (SSSR count). The van der Waals surface area contributed by atoms with E-state index in [4.69, 9.17) is 5.73 Å². The highest BCUT2D eigenvalue weighted by Crippen LogP contribution is 2.34. The Morgan fingerprint density at radius 2 is 1.50 bits per heavy atom. The molecule has 11 nitrogen and oxygen atoms in total. The summed E-state index contributed by atoms with van der Waals surface area (Å²) in [6, 6.07) is 12.6. The van der Waals surface area contributed by atoms with Crippen LogP contribution < -0.4 is 21.3 Å². The van der Waals surface area contributed by atoms with Crippen molar-refractivity contribution in [1.82, 2.24) is 30.2 Å². The van der Waals surface area contributed by atoms with Crippen molar-refractivity contribution in [3.8, 4) is 11.4 Å². The van der Waals surface area contributed by atoms with Crippen LogP contribution in [0.4, 0.5) is 49.5 Å². The Morgan fingerprint density at radius 3 is 2.15 bits per heavy atom. The summed E-state index contributed by atoms with van der Waals surface area (Å²) in [6.07, 6.45) is -3.43. The standard InChI is InChI=1S/C20H18F3N5O2S.C14H13F3N4/c1-31(29,30)17-3-2-9-24-19(17)28-10-8-15-16(11-28)25-12-26-18(15)27-14-6-4-13(5-7-14)20(21,22)23;15-14(16,17)9-3-1-8(2-4-9)13-20-11-7-19-6-5-10(11)12(18)21-13/h2-7,9,12H,8,10-11H2,1H3,(H,25,26,27);1-4,19H,5-7H2,(H2,18,20,21). The quantitative estimate of drug-likeness (QED) is 0.182. The highest BCUT2D eigenvalue weighted by molar-refractivity contribution is 7.90. The Kier molecular flexibility index (Phi) is 10.0. The number of nitrogens with two attached hydrogens (primary N) is 1. The molecule has 3 aromatic heterocycles. The molecular weight excluding hydrogens is 712 g/mol. The number of sulfone groups is 1. The van der Waals surface area contributed by atoms with E-state index < -0.39 is 33.3 Å². The fourth-order valence-electron chi connectivity index (χ4n) is 5.76. The van der Waals surface area contributed by atoms with Crippen molar-refractivity contribution in [2.75, 3.05) is 35.3 Å². The number of pyridine rings is 1. The first kappa shape index (κ1) is 36.4. The van der Waals surface area contributed by atoms with Crippen molar-refractivity contribution >= 4 is 33.0 Å². The molecule has 0 unspecified atom stereocenters. The zero-order valence-electron chi connectivity index (χ0n) is 27.4. The van der Waals surface area contributed by atoms with Gasteiger partial charge in [-0.15, -0.1) is 0 Å². The van der Waals surface area contributed by atoms with Gasteiger partial charge >= 0.3 is 12.4 Å². The average molecular weight is 744 g/mol. The number of nitrogens with one attached hydrogen (secondary N) is 2. The van der Waals surface area contributed by atoms with Gasteiger partial charge in [-0.3, -0.25) is 0 Å². The minimum Gasteiger partial charge on any atom is -0.383 e. The molecule has 0 saturated heterocycles. The minimum atomic E-state index is -4.40. The molecule has 0 atom stereocenters. The Hall–Kier alpha value is -5.36. The lowest BCUT2D eigenvalue weighted by Crippen LogP contribution is -2.33. The Bertz CT molecular complexity index is 2180. The van der Waals surface area contributed by atoms with Crippen molar-refractivity contribution < 1.29 is 34.8 Å². The second kappa shape index (κ2) is 14.3. The lowest BCUT2D eigenvalue weighted by atomic mass is 10.1. The first-order valence-corrected chi connectivity index (χ1v) is 17.7. The number of benzene rings is 2. The summed E-state index contributed by atoms with van der Waals surface area (Å²) in [4.78, 5) is 23.4. The number of hydrogen-bond donors (Lipinski definition) is 3. The van der Waals surface area contributed by atoms with Crippen molar-refractivity contribution in [2.24, 2.45) is 0 Å². The summed E-state index contributed by atoms with van der Waals surface area (Å²) in [5.41, 5.74) is 8.74. The van der Waals surface area contributed by atoms with Crippen LogP contribution in [0, 0.1) is 0 Å². The van der Waals surface area contributed by atoms with Crippen LogP contribution >= 0.6 is 0 Å². The van der Waals surface area contributed by atoms with E-state index in [1.807, 2.05) is 4.90 Å². The third-order valence-electron chi connectivity index (χ3n) is 8.37. The largest absolute Gasteiger partial charge is 0.416 e. The number of nitrogens with zero attached hydrogens (tertiary/aromatic N) is 6. The smallest absolute Gasteiger partial charge is 0.383 e. The number of alkyl halides is 6. The van der Waals surface area contributed by atoms with Gasteiger partial charge in [-0.1, -0.05) is 12.1 Å². The SMILES string of the molecule is CS(=O)(=O)c1cccnc1N1CCc2c(ncnc2Nc2ccc(C(F)(F)F)cc2)C1.Nc1nc(-c2ccc(C(F)(F)F)cc2)nc2c1CCNC2. The maximum absolute atomic E-state index is 12.8. The van der Waals surface area contributed by atoms with E-state index in [-0.39, 0.29) is 4.90 Å². The maximum Gasteiger partial charge on any atom is 0.416 e. The first-order valence-electron chi connectivity index (χ1n) is 15.8. The van der Waals surface area contributed by atoms with E-state index in [1.165, 1.54) is 42.9 Å². The van der Waals surface area contributed by atoms with E-state index in [1.54, 1.807) is 6.07 Å². The van der Waals surface area contributed by atoms with Crippen molar-refractivity contribution in [1.29, 1.82) is 0 Å². The molecule has 0 spiro atoms. The molecule has 0 aliphatic carbocycles. The van der Waals surface area contributed by atoms with Crippen LogP contribution in [0.2, 0.25) is 0 Å². The van der Waals surface area contributed by atoms with E-state index in [2.05, 4.69) is 35.6 Å². The van der Waals surface area contributed by atoms with Gasteiger partial charge in [0.1, 0.15) is 28.7 Å². The van der Waals surface area contributed by atoms with Gasteiger partial charge in [0.25, 0.3) is 0 Å². The Morgan fingerprint density at radius 1 is 0.827 bits per heavy atom. The molecule has 0 amide bonds. The van der Waals surface area contributed by atoms with Crippen LogP contribution in [0.15, 0.2) is 78.1 Å². The highest BCUT2D eigenvalue weighted by atomic mass is 32.2. The second-order valence-corrected chi connectivity index (χ2v) is 14.0. The number of hydrogen-bond acceptors (Lipinski definition) is 11. The van der Waals surface area contributed by atoms with Crippen LogP contribution in [-0.4, -0.2) is 52.7 Å². The lowest BCUT2D eigenvalue weighted by molar-refractivity contribution is -0.138. The highest BCUT2D eigenvalue weighted by Gasteiger charge is 2.31. The van der Waals surface area contributed by atoms with E-state index in [0.717, 1.165) is 60.3 Å². The first-order chi connectivity index (χ1) is 24.6. The molecule has 0 fully saturated rings. The van der Waals surface area contributed by atoms with E-state index in [0.29, 0.717) is 66.3 Å². The normalized spacial score (nSPS) is 14.5. The third-order valence-corrected chi connectivity index (χ3v) is 9.49. The van der Waals surface area contributed by atoms with Crippen molar-refractivity contribution in [2.45, 2.75) is 43.2 Å². The van der Waals surface area contributed by atoms with Crippen LogP contribution in [0.1, 0.15) is 33.6 Å². The molecule has 0 saturated carbocycles. The number of fused-ring (bicyclic) bond motifs is 2. The van der Waals surface area contributed by atoms with Crippen molar-refractivity contribution in [3.05, 3.63) is 107 Å². The number of rotatable bonds is 5. The van der Waals surface area contributed by atoms with Crippen LogP contribution in [0.25, 0.3) is 11.4 Å². The predicted octanol–water partition coefficient (Wildman–Crippen LogP) is 5.99. The van der Waals surface area contributed by atoms with Crippen molar-refractivity contribution in [3.63, 3.8) is 0 Å². The van der Waals surface area contributed by atoms with Gasteiger partial charge in [-0.05, 0) is 67.9 Å². The molecule has 272 valence electrons. The van der Waals surface area contributed by atoms with Gasteiger partial charge in [-0.25, -0.2) is 33.3 Å². The molecule has 4 N–H and O–H groups in total. The molecule has 18 heteroatoms. The maximum atomic E-state index is 12.8. The van der Waals surface area contributed by atoms with Gasteiger partial charge in [0.05, 0.1) is 29.1 Å². The summed E-state index contributed by atoms with van der Waals surface area (Å²) >= 11 is 0. The molecule has 5 heterocycles. The molecule has 2 aromatic carbocycles. The molecule has 52 heavy (non-hydrogen) atoms. The topological polar surface area (TPSA) is 152 Å². The summed E-state index contributed by atoms with van der Waals surface area (Å²) in [6.45, 7) is 2.23. The number of nitrogen functional groups attached to an aromatic ring is 1. The number of halogens is 6. The molecule has 0 bridgehead atoms. The van der Waals surface area contributed by atoms with Gasteiger partial charge in [-0.2, -0.15) is 26.3 Å². The van der Waals surface area contributed by atoms with Gasteiger partial charge in [0.15, 0.2) is 15.7 Å². The molecule has 2 aliphatic heterocycles. The minimum absolute atomic E-state index is 0.149. The lowest BCUT2D eigenvalue weighted by Gasteiger charge is -2.30. The van der Waals surface area contributed by atoms with Crippen LogP contribution in [-0.2, 0) is 48.1 Å². The molecule has 2 aliphatic rings. The average Bonchev–Trinajstić information content (AvgIpc) is 3.11. The summed E-state index contributed by atoms with van der Waals surface area (Å²) in [5, 5.41) is 6.23. The predicted molar refractivity (Wildman–Crippen MR) is 181 cm³/mol. The summed E-state index contributed by atoms with van der Waals surface area (Å²) in [5.74, 6) is 1.63. The summed E-state index contributed by atoms with van der Waals surface area (Å²) in [7, 11) is -3.45. The molecule has 5 aromatic rings. The second-order valence-electron chi connectivity index (χ2n) is 12.0. The summed E-state index contributed by atoms with van der Waals surface area (Å²) < 4.78 is 100. The zero-order chi connectivity index (χ0) is 37.3. The van der Waals surface area contributed by atoms with Crippen LogP contribution in [0.3, 0.4) is 0 Å². The fourth-order valence-corrected chi connectivity index (χ4v) is 6.60. The van der Waals surface area contributed by atoms with E-state index in [9.17, 15) is 34.8 Å². The van der Waals surface area contributed by atoms with Crippen LogP contribution in [0.5, 0.6) is 0 Å². The fraction of sp³-hybridized carbons (Fsp3) is 0.265. The number of anilines is 4. The van der Waals surface area contributed by atoms with Gasteiger partial charge in [0.2, 0.25) is 0 Å².